The number of methoxy groups -OCH3 is 1. The number of aryl methyl sites for hydroxylation is 1. The summed E-state index contributed by atoms with van der Waals surface area (Å²) in [6.07, 6.45) is 0. The van der Waals surface area contributed by atoms with Crippen LogP contribution in [0, 0.1) is 18.7 Å². The number of piperazine rings is 1. The predicted molar refractivity (Wildman–Crippen MR) is 128 cm³/mol. The summed E-state index contributed by atoms with van der Waals surface area (Å²) in [5.74, 6) is -0.365. The first-order valence-electron chi connectivity index (χ1n) is 11.1. The zero-order valence-corrected chi connectivity index (χ0v) is 20.2. The van der Waals surface area contributed by atoms with Gasteiger partial charge in [0, 0.05) is 31.4 Å². The monoisotopic (exact) mass is 475 g/mol. The highest BCUT2D eigenvalue weighted by Gasteiger charge is 2.37. The summed E-state index contributed by atoms with van der Waals surface area (Å²) in [5.41, 5.74) is 1.84. The molecule has 178 valence electrons. The number of carbonyl (C=O) groups is 2. The molecule has 0 radical (unpaired) electrons. The SMILES string of the molecule is COc1ccc(N(C(=O)CCl)[C@H](C(=O)N2CCN[C@@H](C(C)C)C2)c2ccc(F)cc2)c(C)c1. The third-order valence-electron chi connectivity index (χ3n) is 6.05. The Morgan fingerprint density at radius 3 is 2.52 bits per heavy atom. The number of nitrogens with one attached hydrogen (secondary N) is 1. The first-order valence-corrected chi connectivity index (χ1v) is 11.6. The van der Waals surface area contributed by atoms with Gasteiger partial charge in [-0.25, -0.2) is 4.39 Å². The van der Waals surface area contributed by atoms with Crippen LogP contribution < -0.4 is 15.0 Å². The molecule has 2 amide bonds. The van der Waals surface area contributed by atoms with Crippen LogP contribution in [0.25, 0.3) is 0 Å². The van der Waals surface area contributed by atoms with Crippen LogP contribution in [-0.2, 0) is 9.59 Å². The number of rotatable bonds is 7. The van der Waals surface area contributed by atoms with E-state index < -0.39 is 17.8 Å². The second kappa shape index (κ2) is 11.0. The summed E-state index contributed by atoms with van der Waals surface area (Å²) in [7, 11) is 1.57. The van der Waals surface area contributed by atoms with E-state index in [2.05, 4.69) is 19.2 Å². The van der Waals surface area contributed by atoms with Crippen molar-refractivity contribution in [3.8, 4) is 5.75 Å². The van der Waals surface area contributed by atoms with Crippen molar-refractivity contribution >= 4 is 29.1 Å². The molecule has 1 heterocycles. The topological polar surface area (TPSA) is 61.9 Å². The van der Waals surface area contributed by atoms with Crippen molar-refractivity contribution in [2.45, 2.75) is 32.9 Å². The van der Waals surface area contributed by atoms with Crippen LogP contribution in [0.4, 0.5) is 10.1 Å². The molecule has 0 saturated carbocycles. The highest BCUT2D eigenvalue weighted by Crippen LogP contribution is 2.34. The molecular formula is C25H31ClFN3O3. The van der Waals surface area contributed by atoms with Crippen LogP contribution in [0.5, 0.6) is 5.75 Å². The summed E-state index contributed by atoms with van der Waals surface area (Å²) in [6, 6.07) is 10.2. The number of ether oxygens (including phenoxy) is 1. The number of alkyl halides is 1. The van der Waals surface area contributed by atoms with Crippen LogP contribution >= 0.6 is 11.6 Å². The Morgan fingerprint density at radius 1 is 1.24 bits per heavy atom. The lowest BCUT2D eigenvalue weighted by atomic mass is 9.98. The van der Waals surface area contributed by atoms with E-state index in [1.54, 1.807) is 42.3 Å². The molecular weight excluding hydrogens is 445 g/mol. The van der Waals surface area contributed by atoms with Crippen LogP contribution in [0.2, 0.25) is 0 Å². The molecule has 2 aromatic rings. The molecule has 0 aliphatic carbocycles. The van der Waals surface area contributed by atoms with Crippen LogP contribution in [-0.4, -0.2) is 55.4 Å². The van der Waals surface area contributed by atoms with Gasteiger partial charge in [-0.15, -0.1) is 11.6 Å². The molecule has 33 heavy (non-hydrogen) atoms. The maximum atomic E-state index is 14.0. The first-order chi connectivity index (χ1) is 15.8. The zero-order chi connectivity index (χ0) is 24.1. The van der Waals surface area contributed by atoms with Crippen molar-refractivity contribution in [1.29, 1.82) is 0 Å². The molecule has 0 bridgehead atoms. The molecule has 1 N–H and O–H groups in total. The Balaban J connectivity index is 2.10. The summed E-state index contributed by atoms with van der Waals surface area (Å²) in [5, 5.41) is 3.45. The van der Waals surface area contributed by atoms with Gasteiger partial charge in [0.25, 0.3) is 5.91 Å². The van der Waals surface area contributed by atoms with E-state index in [4.69, 9.17) is 16.3 Å². The van der Waals surface area contributed by atoms with Crippen molar-refractivity contribution in [1.82, 2.24) is 10.2 Å². The number of hydrogen-bond acceptors (Lipinski definition) is 4. The summed E-state index contributed by atoms with van der Waals surface area (Å²) < 4.78 is 19.0. The Hall–Kier alpha value is -2.64. The molecule has 0 spiro atoms. The number of carbonyl (C=O) groups excluding carboxylic acids is 2. The van der Waals surface area contributed by atoms with Gasteiger partial charge in [0.05, 0.1) is 7.11 Å². The van der Waals surface area contributed by atoms with E-state index in [1.807, 2.05) is 6.92 Å². The van der Waals surface area contributed by atoms with E-state index in [9.17, 15) is 14.0 Å². The largest absolute Gasteiger partial charge is 0.497 e. The average Bonchev–Trinajstić information content (AvgIpc) is 2.82. The van der Waals surface area contributed by atoms with E-state index in [0.29, 0.717) is 42.6 Å². The molecule has 1 aliphatic heterocycles. The molecule has 8 heteroatoms. The lowest BCUT2D eigenvalue weighted by Gasteiger charge is -2.40. The molecule has 1 fully saturated rings. The normalized spacial score (nSPS) is 17.1. The van der Waals surface area contributed by atoms with E-state index >= 15 is 0 Å². The number of amides is 2. The Bertz CT molecular complexity index is 983. The van der Waals surface area contributed by atoms with Gasteiger partial charge in [0.15, 0.2) is 0 Å². The maximum absolute atomic E-state index is 14.0. The van der Waals surface area contributed by atoms with Crippen molar-refractivity contribution in [2.24, 2.45) is 5.92 Å². The lowest BCUT2D eigenvalue weighted by molar-refractivity contribution is -0.135. The average molecular weight is 476 g/mol. The van der Waals surface area contributed by atoms with Crippen LogP contribution in [0.15, 0.2) is 42.5 Å². The minimum absolute atomic E-state index is 0.150. The number of anilines is 1. The molecule has 2 aromatic carbocycles. The fraction of sp³-hybridized carbons (Fsp3) is 0.440. The molecule has 1 aliphatic rings. The molecule has 1 saturated heterocycles. The van der Waals surface area contributed by atoms with Crippen molar-refractivity contribution in [3.05, 3.63) is 59.4 Å². The van der Waals surface area contributed by atoms with Gasteiger partial charge in [-0.05, 0) is 54.3 Å². The molecule has 0 unspecified atom stereocenters. The molecule has 0 aromatic heterocycles. The second-order valence-electron chi connectivity index (χ2n) is 8.59. The van der Waals surface area contributed by atoms with Gasteiger partial charge in [-0.3, -0.25) is 14.5 Å². The van der Waals surface area contributed by atoms with Gasteiger partial charge in [-0.1, -0.05) is 26.0 Å². The molecule has 6 nitrogen and oxygen atoms in total. The van der Waals surface area contributed by atoms with E-state index in [0.717, 1.165) is 5.56 Å². The summed E-state index contributed by atoms with van der Waals surface area (Å²) in [6.45, 7) is 7.76. The number of benzene rings is 2. The fourth-order valence-corrected chi connectivity index (χ4v) is 4.28. The van der Waals surface area contributed by atoms with Crippen molar-refractivity contribution in [3.63, 3.8) is 0 Å². The smallest absolute Gasteiger partial charge is 0.250 e. The minimum atomic E-state index is -0.977. The van der Waals surface area contributed by atoms with E-state index in [1.165, 1.54) is 17.0 Å². The minimum Gasteiger partial charge on any atom is -0.497 e. The van der Waals surface area contributed by atoms with Gasteiger partial charge in [-0.2, -0.15) is 0 Å². The van der Waals surface area contributed by atoms with Crippen LogP contribution in [0.3, 0.4) is 0 Å². The summed E-state index contributed by atoms with van der Waals surface area (Å²) >= 11 is 6.01. The predicted octanol–water partition coefficient (Wildman–Crippen LogP) is 3.91. The summed E-state index contributed by atoms with van der Waals surface area (Å²) in [4.78, 5) is 30.3. The quantitative estimate of drug-likeness (QED) is 0.617. The highest BCUT2D eigenvalue weighted by molar-refractivity contribution is 6.30. The van der Waals surface area contributed by atoms with Gasteiger partial charge in [0.2, 0.25) is 5.91 Å². The molecule has 3 rings (SSSR count). The van der Waals surface area contributed by atoms with Crippen molar-refractivity contribution in [2.75, 3.05) is 37.5 Å². The first kappa shape index (κ1) is 25.0. The zero-order valence-electron chi connectivity index (χ0n) is 19.5. The maximum Gasteiger partial charge on any atom is 0.250 e. The lowest BCUT2D eigenvalue weighted by Crippen LogP contribution is -2.57. The van der Waals surface area contributed by atoms with Gasteiger partial charge < -0.3 is 15.0 Å². The highest BCUT2D eigenvalue weighted by atomic mass is 35.5. The Morgan fingerprint density at radius 2 is 1.94 bits per heavy atom. The van der Waals surface area contributed by atoms with Gasteiger partial charge in [0.1, 0.15) is 23.5 Å². The van der Waals surface area contributed by atoms with Gasteiger partial charge >= 0.3 is 0 Å². The van der Waals surface area contributed by atoms with Crippen molar-refractivity contribution < 1.29 is 18.7 Å². The second-order valence-corrected chi connectivity index (χ2v) is 8.86. The van der Waals surface area contributed by atoms with Crippen LogP contribution in [0.1, 0.15) is 31.0 Å². The third kappa shape index (κ3) is 5.65. The number of halogens is 2. The Kier molecular flexibility index (Phi) is 8.32. The number of nitrogens with zero attached hydrogens (tertiary/aromatic N) is 2. The third-order valence-corrected chi connectivity index (χ3v) is 6.27. The Labute approximate surface area is 199 Å². The standard InChI is InChI=1S/C25H31ClFN3O3/c1-16(2)21-15-29(12-11-28-21)25(32)24(18-5-7-19(27)8-6-18)30(23(31)14-26)22-10-9-20(33-4)13-17(22)3/h5-10,13,16,21,24,28H,11-12,14-15H2,1-4H3/t21-,24+/m1/s1. The molecule has 2 atom stereocenters. The van der Waals surface area contributed by atoms with E-state index in [-0.39, 0.29) is 17.8 Å². The number of hydrogen-bond donors (Lipinski definition) is 1. The fourth-order valence-electron chi connectivity index (χ4n) is 4.15.